The molecule has 3 fully saturated rings. The number of hydrogen-bond acceptors (Lipinski definition) is 3. The van der Waals surface area contributed by atoms with Gasteiger partial charge in [0.25, 0.3) is 5.91 Å². The molecule has 5 rings (SSSR count). The fourth-order valence-corrected chi connectivity index (χ4v) is 6.31. The molecule has 2 aliphatic heterocycles. The van der Waals surface area contributed by atoms with Crippen molar-refractivity contribution in [1.82, 2.24) is 4.90 Å². The molecule has 3 atom stereocenters. The summed E-state index contributed by atoms with van der Waals surface area (Å²) in [6.07, 6.45) is 5.00. The SMILES string of the molecule is Cc1ccc(P(C)(=O)O)cc1-c1ccc([C@H]2CC23CCN(C(=O)[C@H]2CCCO2)CC3)cc1. The number of ether oxygens (including phenoxy) is 1. The van der Waals surface area contributed by atoms with Crippen molar-refractivity contribution in [3.8, 4) is 11.1 Å². The zero-order valence-electron chi connectivity index (χ0n) is 18.9. The average Bonchev–Trinajstić information content (AvgIpc) is 3.20. The van der Waals surface area contributed by atoms with Crippen LogP contribution in [0.4, 0.5) is 0 Å². The number of carbonyl (C=O) groups excluding carboxylic acids is 1. The largest absolute Gasteiger partial charge is 0.368 e. The predicted molar refractivity (Wildman–Crippen MR) is 127 cm³/mol. The van der Waals surface area contributed by atoms with E-state index in [2.05, 4.69) is 24.3 Å². The molecule has 1 unspecified atom stereocenters. The summed E-state index contributed by atoms with van der Waals surface area (Å²) in [6, 6.07) is 14.2. The molecule has 1 N–H and O–H groups in total. The molecular weight excluding hydrogens is 421 g/mol. The Morgan fingerprint density at radius 1 is 1.16 bits per heavy atom. The van der Waals surface area contributed by atoms with Crippen LogP contribution in [-0.4, -0.2) is 48.2 Å². The lowest BCUT2D eigenvalue weighted by atomic mass is 9.88. The monoisotopic (exact) mass is 453 g/mol. The lowest BCUT2D eigenvalue weighted by Crippen LogP contribution is -2.44. The van der Waals surface area contributed by atoms with E-state index in [0.717, 1.165) is 55.5 Å². The Morgan fingerprint density at radius 3 is 2.50 bits per heavy atom. The van der Waals surface area contributed by atoms with E-state index in [4.69, 9.17) is 4.74 Å². The number of amides is 1. The summed E-state index contributed by atoms with van der Waals surface area (Å²) in [5, 5.41) is 0.493. The Balaban J connectivity index is 1.26. The number of nitrogens with zero attached hydrogens (tertiary/aromatic N) is 1. The van der Waals surface area contributed by atoms with Crippen molar-refractivity contribution in [2.75, 3.05) is 26.4 Å². The fourth-order valence-electron chi connectivity index (χ4n) is 5.59. The fraction of sp³-hybridized carbons (Fsp3) is 0.500. The van der Waals surface area contributed by atoms with Gasteiger partial charge in [-0.3, -0.25) is 9.36 Å². The van der Waals surface area contributed by atoms with Gasteiger partial charge in [-0.1, -0.05) is 30.3 Å². The average molecular weight is 454 g/mol. The first kappa shape index (κ1) is 21.9. The number of aryl methyl sites for hydroxylation is 1. The van der Waals surface area contributed by atoms with Gasteiger partial charge >= 0.3 is 0 Å². The second kappa shape index (κ2) is 8.13. The van der Waals surface area contributed by atoms with Crippen molar-refractivity contribution in [1.29, 1.82) is 0 Å². The van der Waals surface area contributed by atoms with Crippen molar-refractivity contribution >= 4 is 18.6 Å². The minimum absolute atomic E-state index is 0.191. The van der Waals surface area contributed by atoms with Gasteiger partial charge < -0.3 is 14.5 Å². The molecule has 1 spiro atoms. The van der Waals surface area contributed by atoms with Crippen LogP contribution in [0.2, 0.25) is 0 Å². The van der Waals surface area contributed by atoms with Crippen LogP contribution >= 0.6 is 7.37 Å². The highest BCUT2D eigenvalue weighted by Gasteiger charge is 2.55. The second-order valence-corrected chi connectivity index (χ2v) is 12.2. The molecule has 1 saturated carbocycles. The van der Waals surface area contributed by atoms with Crippen LogP contribution in [0.5, 0.6) is 0 Å². The third-order valence-electron chi connectivity index (χ3n) is 7.79. The lowest BCUT2D eigenvalue weighted by Gasteiger charge is -2.34. The van der Waals surface area contributed by atoms with Crippen molar-refractivity contribution in [2.24, 2.45) is 5.41 Å². The summed E-state index contributed by atoms with van der Waals surface area (Å²) in [7, 11) is -3.28. The van der Waals surface area contributed by atoms with Gasteiger partial charge in [0, 0.05) is 31.7 Å². The van der Waals surface area contributed by atoms with E-state index < -0.39 is 7.37 Å². The quantitative estimate of drug-likeness (QED) is 0.694. The van der Waals surface area contributed by atoms with Gasteiger partial charge in [-0.25, -0.2) is 0 Å². The van der Waals surface area contributed by atoms with Crippen LogP contribution in [0.1, 0.15) is 49.1 Å². The van der Waals surface area contributed by atoms with E-state index in [1.54, 1.807) is 6.07 Å². The lowest BCUT2D eigenvalue weighted by molar-refractivity contribution is -0.142. The van der Waals surface area contributed by atoms with E-state index >= 15 is 0 Å². The summed E-state index contributed by atoms with van der Waals surface area (Å²) in [6.45, 7) is 5.83. The maximum Gasteiger partial charge on any atom is 0.251 e. The molecule has 170 valence electrons. The van der Waals surface area contributed by atoms with Gasteiger partial charge in [-0.2, -0.15) is 0 Å². The Bertz CT molecular complexity index is 1060. The molecule has 0 bridgehead atoms. The number of piperidine rings is 1. The summed E-state index contributed by atoms with van der Waals surface area (Å²) >= 11 is 0. The minimum atomic E-state index is -3.28. The maximum atomic E-state index is 12.6. The molecule has 32 heavy (non-hydrogen) atoms. The van der Waals surface area contributed by atoms with Gasteiger partial charge in [0.1, 0.15) is 6.10 Å². The van der Waals surface area contributed by atoms with Crippen molar-refractivity contribution in [3.63, 3.8) is 0 Å². The number of rotatable bonds is 4. The Hall–Kier alpha value is -1.94. The molecular formula is C26H32NO4P. The molecule has 2 aromatic rings. The molecule has 1 amide bonds. The van der Waals surface area contributed by atoms with Crippen LogP contribution in [0.25, 0.3) is 11.1 Å². The van der Waals surface area contributed by atoms with Crippen molar-refractivity contribution in [2.45, 2.75) is 51.0 Å². The summed E-state index contributed by atoms with van der Waals surface area (Å²) in [5.74, 6) is 0.758. The number of hydrogen-bond donors (Lipinski definition) is 1. The topological polar surface area (TPSA) is 66.8 Å². The molecule has 3 aliphatic rings. The molecule has 0 radical (unpaired) electrons. The van der Waals surface area contributed by atoms with Gasteiger partial charge in [-0.15, -0.1) is 0 Å². The second-order valence-electron chi connectivity index (χ2n) is 9.95. The third kappa shape index (κ3) is 4.07. The normalized spacial score (nSPS) is 26.2. The van der Waals surface area contributed by atoms with Crippen LogP contribution in [0, 0.1) is 12.3 Å². The van der Waals surface area contributed by atoms with Crippen LogP contribution < -0.4 is 5.30 Å². The number of carbonyl (C=O) groups is 1. The summed E-state index contributed by atoms with van der Waals surface area (Å²) < 4.78 is 17.7. The molecule has 2 heterocycles. The van der Waals surface area contributed by atoms with Gasteiger partial charge in [0.2, 0.25) is 7.37 Å². The Morgan fingerprint density at radius 2 is 1.88 bits per heavy atom. The van der Waals surface area contributed by atoms with E-state index in [9.17, 15) is 14.3 Å². The van der Waals surface area contributed by atoms with Crippen LogP contribution in [0.3, 0.4) is 0 Å². The van der Waals surface area contributed by atoms with Gasteiger partial charge in [0.15, 0.2) is 0 Å². The van der Waals surface area contributed by atoms with Gasteiger partial charge in [0.05, 0.1) is 0 Å². The maximum absolute atomic E-state index is 12.6. The Kier molecular flexibility index (Phi) is 5.56. The zero-order valence-corrected chi connectivity index (χ0v) is 19.8. The van der Waals surface area contributed by atoms with Gasteiger partial charge in [-0.05, 0) is 84.7 Å². The molecule has 2 saturated heterocycles. The molecule has 1 aliphatic carbocycles. The van der Waals surface area contributed by atoms with Crippen molar-refractivity contribution < 1.29 is 19.0 Å². The number of benzene rings is 2. The highest BCUT2D eigenvalue weighted by molar-refractivity contribution is 7.65. The third-order valence-corrected chi connectivity index (χ3v) is 9.03. The number of likely N-dealkylation sites (tertiary alicyclic amines) is 1. The predicted octanol–water partition coefficient (Wildman–Crippen LogP) is 4.46. The molecule has 0 aromatic heterocycles. The van der Waals surface area contributed by atoms with Crippen molar-refractivity contribution in [3.05, 3.63) is 53.6 Å². The first-order valence-electron chi connectivity index (χ1n) is 11.7. The van der Waals surface area contributed by atoms with E-state index in [1.807, 2.05) is 24.0 Å². The Labute approximate surface area is 190 Å². The minimum Gasteiger partial charge on any atom is -0.368 e. The van der Waals surface area contributed by atoms with E-state index in [1.165, 1.54) is 18.6 Å². The molecule has 6 heteroatoms. The molecule has 5 nitrogen and oxygen atoms in total. The molecule has 2 aromatic carbocycles. The highest BCUT2D eigenvalue weighted by atomic mass is 31.2. The standard InChI is InChI=1S/C26H32NO4P/c1-18-5-10-21(32(2,29)30)16-22(18)19-6-8-20(9-7-19)23-17-26(23)11-13-27(14-12-26)25(28)24-4-3-15-31-24/h5-10,16,23-24H,3-4,11-15,17H2,1-2H3,(H,29,30)/t23-,24-/m1/s1. The first-order valence-corrected chi connectivity index (χ1v) is 13.8. The van der Waals surface area contributed by atoms with E-state index in [0.29, 0.717) is 23.2 Å². The summed E-state index contributed by atoms with van der Waals surface area (Å²) in [5.41, 5.74) is 4.90. The van der Waals surface area contributed by atoms with Crippen LogP contribution in [0.15, 0.2) is 42.5 Å². The highest BCUT2D eigenvalue weighted by Crippen LogP contribution is 2.65. The summed E-state index contributed by atoms with van der Waals surface area (Å²) in [4.78, 5) is 24.6. The first-order chi connectivity index (χ1) is 15.3. The zero-order chi connectivity index (χ0) is 22.5. The van der Waals surface area contributed by atoms with Crippen LogP contribution in [-0.2, 0) is 14.1 Å². The van der Waals surface area contributed by atoms with E-state index in [-0.39, 0.29) is 12.0 Å². The smallest absolute Gasteiger partial charge is 0.251 e.